The Labute approximate surface area is 115 Å². The van der Waals surface area contributed by atoms with Gasteiger partial charge in [-0.2, -0.15) is 0 Å². The molecule has 0 bridgehead atoms. The third-order valence-corrected chi connectivity index (χ3v) is 5.18. The van der Waals surface area contributed by atoms with E-state index in [9.17, 15) is 4.79 Å². The number of hydrogen-bond acceptors (Lipinski definition) is 3. The first-order valence-electron chi connectivity index (χ1n) is 7.59. The van der Waals surface area contributed by atoms with Crippen LogP contribution in [0.3, 0.4) is 0 Å². The van der Waals surface area contributed by atoms with Crippen LogP contribution in [0.4, 0.5) is 0 Å². The molecule has 0 aromatic carbocycles. The second kappa shape index (κ2) is 4.62. The number of carbonyl (C=O) groups excluding carboxylic acids is 1. The Morgan fingerprint density at radius 2 is 2.26 bits per heavy atom. The van der Waals surface area contributed by atoms with Crippen LogP contribution in [0.2, 0.25) is 0 Å². The van der Waals surface area contributed by atoms with Gasteiger partial charge in [0.15, 0.2) is 0 Å². The highest BCUT2D eigenvalue weighted by Gasteiger charge is 2.62. The molecule has 2 aliphatic heterocycles. The van der Waals surface area contributed by atoms with Crippen molar-refractivity contribution >= 4 is 5.97 Å². The summed E-state index contributed by atoms with van der Waals surface area (Å²) in [6.45, 7) is 6.44. The SMILES string of the molecule is CC[C@@H]1C(=O)O[C@H]2[C@H]1CC/C(C)=C/CC[C@@]1(C)O[C@H]21. The summed E-state index contributed by atoms with van der Waals surface area (Å²) in [5.41, 5.74) is 1.37. The van der Waals surface area contributed by atoms with Crippen LogP contribution in [0.5, 0.6) is 0 Å². The Morgan fingerprint density at radius 1 is 1.47 bits per heavy atom. The standard InChI is InChI=1S/C16H24O3/c1-4-11-12-8-7-10(2)6-5-9-16(3)14(19-16)13(12)18-15(11)17/h6,11-14H,4-5,7-9H2,1-3H3/b10-6+/t11-,12-,13-,14+,16+/m0/s1. The molecule has 3 rings (SSSR count). The number of ether oxygens (including phenoxy) is 2. The quantitative estimate of drug-likeness (QED) is 0.414. The Morgan fingerprint density at radius 3 is 3.00 bits per heavy atom. The third kappa shape index (κ3) is 2.22. The summed E-state index contributed by atoms with van der Waals surface area (Å²) < 4.78 is 11.6. The second-order valence-corrected chi connectivity index (χ2v) is 6.56. The first-order valence-corrected chi connectivity index (χ1v) is 7.59. The minimum Gasteiger partial charge on any atom is -0.459 e. The van der Waals surface area contributed by atoms with Crippen molar-refractivity contribution in [3.63, 3.8) is 0 Å². The molecule has 0 N–H and O–H groups in total. The van der Waals surface area contributed by atoms with Crippen molar-refractivity contribution in [1.82, 2.24) is 0 Å². The predicted molar refractivity (Wildman–Crippen MR) is 72.7 cm³/mol. The van der Waals surface area contributed by atoms with Gasteiger partial charge in [0.1, 0.15) is 12.2 Å². The lowest BCUT2D eigenvalue weighted by atomic mass is 9.80. The largest absolute Gasteiger partial charge is 0.459 e. The predicted octanol–water partition coefficient (Wildman–Crippen LogP) is 3.23. The van der Waals surface area contributed by atoms with Gasteiger partial charge in [-0.15, -0.1) is 0 Å². The number of fused-ring (bicyclic) bond motifs is 3. The van der Waals surface area contributed by atoms with Gasteiger partial charge >= 0.3 is 5.97 Å². The van der Waals surface area contributed by atoms with Crippen molar-refractivity contribution in [2.24, 2.45) is 11.8 Å². The van der Waals surface area contributed by atoms with Gasteiger partial charge in [-0.05, 0) is 46.0 Å². The fraction of sp³-hybridized carbons (Fsp3) is 0.812. The highest BCUT2D eigenvalue weighted by atomic mass is 16.6. The number of esters is 1. The molecule has 2 heterocycles. The first kappa shape index (κ1) is 13.2. The molecule has 19 heavy (non-hydrogen) atoms. The molecular weight excluding hydrogens is 240 g/mol. The summed E-state index contributed by atoms with van der Waals surface area (Å²) in [5, 5.41) is 0. The van der Waals surface area contributed by atoms with Crippen molar-refractivity contribution < 1.29 is 14.3 Å². The fourth-order valence-corrected chi connectivity index (χ4v) is 3.81. The molecule has 106 valence electrons. The zero-order valence-electron chi connectivity index (χ0n) is 12.1. The fourth-order valence-electron chi connectivity index (χ4n) is 3.81. The van der Waals surface area contributed by atoms with E-state index in [0.717, 1.165) is 32.1 Å². The molecule has 3 heteroatoms. The van der Waals surface area contributed by atoms with Gasteiger partial charge in [-0.3, -0.25) is 4.79 Å². The van der Waals surface area contributed by atoms with Crippen LogP contribution in [-0.4, -0.2) is 23.8 Å². The number of carbonyl (C=O) groups is 1. The van der Waals surface area contributed by atoms with Crippen LogP contribution in [0.25, 0.3) is 0 Å². The number of epoxide rings is 1. The van der Waals surface area contributed by atoms with E-state index >= 15 is 0 Å². The van der Waals surface area contributed by atoms with E-state index in [1.165, 1.54) is 5.57 Å². The molecule has 0 aromatic rings. The van der Waals surface area contributed by atoms with Crippen LogP contribution in [-0.2, 0) is 14.3 Å². The van der Waals surface area contributed by atoms with Crippen molar-refractivity contribution in [3.05, 3.63) is 11.6 Å². The van der Waals surface area contributed by atoms with Crippen LogP contribution in [0.15, 0.2) is 11.6 Å². The van der Waals surface area contributed by atoms with Crippen LogP contribution in [0, 0.1) is 11.8 Å². The average molecular weight is 264 g/mol. The van der Waals surface area contributed by atoms with Crippen molar-refractivity contribution in [1.29, 1.82) is 0 Å². The van der Waals surface area contributed by atoms with E-state index in [4.69, 9.17) is 9.47 Å². The molecule has 2 saturated heterocycles. The molecule has 2 fully saturated rings. The van der Waals surface area contributed by atoms with Gasteiger partial charge in [-0.1, -0.05) is 18.6 Å². The van der Waals surface area contributed by atoms with E-state index in [-0.39, 0.29) is 29.7 Å². The lowest BCUT2D eigenvalue weighted by Gasteiger charge is -2.21. The Hall–Kier alpha value is -0.830. The topological polar surface area (TPSA) is 38.8 Å². The van der Waals surface area contributed by atoms with Crippen LogP contribution in [0.1, 0.15) is 52.9 Å². The molecule has 0 unspecified atom stereocenters. The molecular formula is C16H24O3. The highest BCUT2D eigenvalue weighted by Crippen LogP contribution is 2.50. The van der Waals surface area contributed by atoms with Gasteiger partial charge in [0, 0.05) is 5.92 Å². The van der Waals surface area contributed by atoms with Gasteiger partial charge in [0.05, 0.1) is 11.5 Å². The Kier molecular flexibility index (Phi) is 3.20. The summed E-state index contributed by atoms with van der Waals surface area (Å²) in [7, 11) is 0. The maximum absolute atomic E-state index is 12.0. The molecule has 3 nitrogen and oxygen atoms in total. The lowest BCUT2D eigenvalue weighted by Crippen LogP contribution is -2.30. The Balaban J connectivity index is 1.85. The number of hydrogen-bond donors (Lipinski definition) is 0. The van der Waals surface area contributed by atoms with E-state index in [1.54, 1.807) is 0 Å². The van der Waals surface area contributed by atoms with E-state index < -0.39 is 0 Å². The summed E-state index contributed by atoms with van der Waals surface area (Å²) in [5.74, 6) is 0.410. The first-order chi connectivity index (χ1) is 9.05. The zero-order chi connectivity index (χ0) is 13.6. The molecule has 0 radical (unpaired) electrons. The summed E-state index contributed by atoms with van der Waals surface area (Å²) in [6, 6.07) is 0. The lowest BCUT2D eigenvalue weighted by molar-refractivity contribution is -0.145. The van der Waals surface area contributed by atoms with Gasteiger partial charge in [0.2, 0.25) is 0 Å². The minimum atomic E-state index is -0.0695. The van der Waals surface area contributed by atoms with Gasteiger partial charge < -0.3 is 9.47 Å². The zero-order valence-corrected chi connectivity index (χ0v) is 12.1. The summed E-state index contributed by atoms with van der Waals surface area (Å²) in [4.78, 5) is 12.0. The molecule has 1 aliphatic carbocycles. The smallest absolute Gasteiger partial charge is 0.309 e. The molecule has 5 atom stereocenters. The van der Waals surface area contributed by atoms with Gasteiger partial charge in [0.25, 0.3) is 0 Å². The minimum absolute atomic E-state index is 0.00349. The monoisotopic (exact) mass is 264 g/mol. The van der Waals surface area contributed by atoms with E-state index in [2.05, 4.69) is 26.8 Å². The van der Waals surface area contributed by atoms with E-state index in [1.807, 2.05) is 0 Å². The molecule has 0 aromatic heterocycles. The van der Waals surface area contributed by atoms with Gasteiger partial charge in [-0.25, -0.2) is 0 Å². The Bertz CT molecular complexity index is 414. The normalized spacial score (nSPS) is 48.6. The summed E-state index contributed by atoms with van der Waals surface area (Å²) >= 11 is 0. The molecule has 3 aliphatic rings. The number of allylic oxidation sites excluding steroid dienone is 2. The van der Waals surface area contributed by atoms with Crippen molar-refractivity contribution in [2.45, 2.75) is 70.7 Å². The highest BCUT2D eigenvalue weighted by molar-refractivity contribution is 5.75. The molecule has 0 spiro atoms. The molecule has 0 saturated carbocycles. The van der Waals surface area contributed by atoms with Crippen molar-refractivity contribution in [3.8, 4) is 0 Å². The van der Waals surface area contributed by atoms with E-state index in [0.29, 0.717) is 5.92 Å². The third-order valence-electron chi connectivity index (χ3n) is 5.18. The van der Waals surface area contributed by atoms with Crippen LogP contribution < -0.4 is 0 Å². The average Bonchev–Trinajstić information content (AvgIpc) is 2.92. The molecule has 0 amide bonds. The maximum atomic E-state index is 12.0. The van der Waals surface area contributed by atoms with Crippen LogP contribution >= 0.6 is 0 Å². The summed E-state index contributed by atoms with van der Waals surface area (Å²) in [6.07, 6.45) is 7.58. The number of rotatable bonds is 1. The maximum Gasteiger partial charge on any atom is 0.309 e. The second-order valence-electron chi connectivity index (χ2n) is 6.56. The van der Waals surface area contributed by atoms with Crippen molar-refractivity contribution in [2.75, 3.05) is 0 Å².